The summed E-state index contributed by atoms with van der Waals surface area (Å²) in [7, 11) is 0. The van der Waals surface area contributed by atoms with Crippen LogP contribution in [0.5, 0.6) is 0 Å². The van der Waals surface area contributed by atoms with Crippen molar-refractivity contribution in [2.75, 3.05) is 13.2 Å². The standard InChI is InChI=1S/C16H27NO3/c1-3-4-5-6-7-10-15(19)13(2)16(20)17-11-8-9-14(17)12-18/h3-4,13-14,18H,5-12H2,1-2H3. The lowest BCUT2D eigenvalue weighted by Crippen LogP contribution is -2.42. The molecule has 0 saturated carbocycles. The zero-order chi connectivity index (χ0) is 15.0. The van der Waals surface area contributed by atoms with Crippen LogP contribution in [-0.4, -0.2) is 40.9 Å². The number of allylic oxidation sites excluding steroid dienone is 2. The average Bonchev–Trinajstić information content (AvgIpc) is 2.93. The Morgan fingerprint density at radius 1 is 1.40 bits per heavy atom. The molecule has 20 heavy (non-hydrogen) atoms. The maximum absolute atomic E-state index is 12.3. The summed E-state index contributed by atoms with van der Waals surface area (Å²) in [6, 6.07) is -0.0903. The summed E-state index contributed by atoms with van der Waals surface area (Å²) < 4.78 is 0. The molecule has 0 bridgehead atoms. The minimum atomic E-state index is -0.566. The number of aliphatic hydroxyl groups excluding tert-OH is 1. The van der Waals surface area contributed by atoms with Crippen molar-refractivity contribution in [3.05, 3.63) is 12.2 Å². The van der Waals surface area contributed by atoms with Gasteiger partial charge in [-0.05, 0) is 46.0 Å². The first-order chi connectivity index (χ1) is 9.61. The number of hydrogen-bond donors (Lipinski definition) is 1. The number of amides is 1. The van der Waals surface area contributed by atoms with E-state index in [0.29, 0.717) is 13.0 Å². The van der Waals surface area contributed by atoms with Crippen molar-refractivity contribution in [2.45, 2.75) is 58.4 Å². The highest BCUT2D eigenvalue weighted by Gasteiger charge is 2.33. The van der Waals surface area contributed by atoms with Crippen LogP contribution in [0, 0.1) is 5.92 Å². The molecule has 1 aliphatic rings. The maximum Gasteiger partial charge on any atom is 0.233 e. The summed E-state index contributed by atoms with van der Waals surface area (Å²) in [4.78, 5) is 26.0. The fraction of sp³-hybridized carbons (Fsp3) is 0.750. The number of ketones is 1. The molecule has 1 amide bonds. The van der Waals surface area contributed by atoms with E-state index in [0.717, 1.165) is 32.1 Å². The Morgan fingerprint density at radius 2 is 2.15 bits per heavy atom. The third kappa shape index (κ3) is 4.75. The molecule has 1 aliphatic heterocycles. The van der Waals surface area contributed by atoms with Gasteiger partial charge in [0.15, 0.2) is 0 Å². The topological polar surface area (TPSA) is 57.6 Å². The van der Waals surface area contributed by atoms with Crippen LogP contribution < -0.4 is 0 Å². The molecule has 1 rings (SSSR count). The van der Waals surface area contributed by atoms with E-state index in [-0.39, 0.29) is 24.3 Å². The molecule has 1 saturated heterocycles. The number of likely N-dealkylation sites (tertiary alicyclic amines) is 1. The van der Waals surface area contributed by atoms with Crippen LogP contribution >= 0.6 is 0 Å². The van der Waals surface area contributed by atoms with Gasteiger partial charge in [0.2, 0.25) is 5.91 Å². The highest BCUT2D eigenvalue weighted by atomic mass is 16.3. The van der Waals surface area contributed by atoms with Crippen LogP contribution in [0.3, 0.4) is 0 Å². The van der Waals surface area contributed by atoms with Gasteiger partial charge in [-0.25, -0.2) is 0 Å². The maximum atomic E-state index is 12.3. The minimum Gasteiger partial charge on any atom is -0.394 e. The predicted molar refractivity (Wildman–Crippen MR) is 79.3 cm³/mol. The molecule has 0 aromatic rings. The molecule has 0 spiro atoms. The summed E-state index contributed by atoms with van der Waals surface area (Å²) in [6.45, 7) is 4.35. The van der Waals surface area contributed by atoms with Crippen molar-refractivity contribution >= 4 is 11.7 Å². The van der Waals surface area contributed by atoms with Gasteiger partial charge in [0.05, 0.1) is 18.6 Å². The van der Waals surface area contributed by atoms with Crippen LogP contribution in [0.15, 0.2) is 12.2 Å². The van der Waals surface area contributed by atoms with Crippen molar-refractivity contribution in [1.29, 1.82) is 0 Å². The zero-order valence-electron chi connectivity index (χ0n) is 12.7. The predicted octanol–water partition coefficient (Wildman–Crippen LogP) is 2.31. The Hall–Kier alpha value is -1.16. The smallest absolute Gasteiger partial charge is 0.233 e. The van der Waals surface area contributed by atoms with Crippen LogP contribution in [0.1, 0.15) is 52.4 Å². The number of carbonyl (C=O) groups is 2. The summed E-state index contributed by atoms with van der Waals surface area (Å²) in [6.07, 6.45) is 9.15. The van der Waals surface area contributed by atoms with Gasteiger partial charge in [-0.1, -0.05) is 12.2 Å². The second-order valence-electron chi connectivity index (χ2n) is 5.51. The van der Waals surface area contributed by atoms with Crippen LogP contribution in [-0.2, 0) is 9.59 Å². The molecule has 0 aliphatic carbocycles. The lowest BCUT2D eigenvalue weighted by molar-refractivity contribution is -0.141. The molecule has 2 atom stereocenters. The quantitative estimate of drug-likeness (QED) is 0.422. The normalized spacial score (nSPS) is 20.6. The van der Waals surface area contributed by atoms with Gasteiger partial charge < -0.3 is 10.0 Å². The third-order valence-corrected chi connectivity index (χ3v) is 4.00. The first-order valence-corrected chi connectivity index (χ1v) is 7.67. The van der Waals surface area contributed by atoms with Crippen molar-refractivity contribution < 1.29 is 14.7 Å². The first-order valence-electron chi connectivity index (χ1n) is 7.67. The second kappa shape index (κ2) is 8.90. The number of aliphatic hydroxyl groups is 1. The Balaban J connectivity index is 2.37. The Labute approximate surface area is 121 Å². The van der Waals surface area contributed by atoms with Crippen molar-refractivity contribution in [2.24, 2.45) is 5.92 Å². The Kier molecular flexibility index (Phi) is 7.52. The van der Waals surface area contributed by atoms with Gasteiger partial charge in [-0.2, -0.15) is 0 Å². The van der Waals surface area contributed by atoms with Gasteiger partial charge in [0.25, 0.3) is 0 Å². The van der Waals surface area contributed by atoms with E-state index in [1.54, 1.807) is 11.8 Å². The lowest BCUT2D eigenvalue weighted by Gasteiger charge is -2.25. The monoisotopic (exact) mass is 281 g/mol. The van der Waals surface area contributed by atoms with E-state index in [9.17, 15) is 14.7 Å². The second-order valence-corrected chi connectivity index (χ2v) is 5.51. The van der Waals surface area contributed by atoms with Gasteiger partial charge in [-0.3, -0.25) is 9.59 Å². The number of rotatable bonds is 8. The number of Topliss-reactive ketones (excluding diaryl/α,β-unsaturated/α-hetero) is 1. The molecule has 4 nitrogen and oxygen atoms in total. The molecule has 1 heterocycles. The molecular formula is C16H27NO3. The van der Waals surface area contributed by atoms with E-state index in [1.165, 1.54) is 0 Å². The first kappa shape index (κ1) is 16.9. The summed E-state index contributed by atoms with van der Waals surface area (Å²) in [5.74, 6) is -0.650. The lowest BCUT2D eigenvalue weighted by atomic mass is 9.99. The van der Waals surface area contributed by atoms with Crippen molar-refractivity contribution in [3.63, 3.8) is 0 Å². The molecule has 0 aromatic carbocycles. The largest absolute Gasteiger partial charge is 0.394 e. The molecule has 114 valence electrons. The summed E-state index contributed by atoms with van der Waals surface area (Å²) in [5, 5.41) is 9.24. The van der Waals surface area contributed by atoms with Gasteiger partial charge in [0, 0.05) is 13.0 Å². The molecule has 4 heteroatoms. The van der Waals surface area contributed by atoms with E-state index < -0.39 is 5.92 Å². The number of hydrogen-bond acceptors (Lipinski definition) is 3. The molecule has 1 fully saturated rings. The molecule has 0 aromatic heterocycles. The Morgan fingerprint density at radius 3 is 2.80 bits per heavy atom. The number of carbonyl (C=O) groups excluding carboxylic acids is 2. The fourth-order valence-electron chi connectivity index (χ4n) is 2.65. The summed E-state index contributed by atoms with van der Waals surface area (Å²) >= 11 is 0. The van der Waals surface area contributed by atoms with E-state index in [4.69, 9.17) is 0 Å². The van der Waals surface area contributed by atoms with E-state index in [1.807, 2.05) is 13.0 Å². The number of nitrogens with zero attached hydrogens (tertiary/aromatic N) is 1. The average molecular weight is 281 g/mol. The highest BCUT2D eigenvalue weighted by molar-refractivity contribution is 6.01. The van der Waals surface area contributed by atoms with Crippen LogP contribution in [0.25, 0.3) is 0 Å². The minimum absolute atomic E-state index is 0.00397. The fourth-order valence-corrected chi connectivity index (χ4v) is 2.65. The summed E-state index contributed by atoms with van der Waals surface area (Å²) in [5.41, 5.74) is 0. The van der Waals surface area contributed by atoms with Crippen molar-refractivity contribution in [3.8, 4) is 0 Å². The van der Waals surface area contributed by atoms with Crippen molar-refractivity contribution in [1.82, 2.24) is 4.90 Å². The van der Waals surface area contributed by atoms with Gasteiger partial charge in [-0.15, -0.1) is 0 Å². The van der Waals surface area contributed by atoms with Gasteiger partial charge in [0.1, 0.15) is 5.78 Å². The third-order valence-electron chi connectivity index (χ3n) is 4.00. The van der Waals surface area contributed by atoms with Crippen LogP contribution in [0.2, 0.25) is 0 Å². The molecule has 2 unspecified atom stereocenters. The zero-order valence-corrected chi connectivity index (χ0v) is 12.7. The van der Waals surface area contributed by atoms with E-state index >= 15 is 0 Å². The molecule has 0 radical (unpaired) electrons. The highest BCUT2D eigenvalue weighted by Crippen LogP contribution is 2.20. The molecular weight excluding hydrogens is 254 g/mol. The Bertz CT molecular complexity index is 352. The van der Waals surface area contributed by atoms with E-state index in [2.05, 4.69) is 6.08 Å². The van der Waals surface area contributed by atoms with Crippen LogP contribution in [0.4, 0.5) is 0 Å². The molecule has 1 N–H and O–H groups in total. The van der Waals surface area contributed by atoms with Gasteiger partial charge >= 0.3 is 0 Å². The SMILES string of the molecule is CC=CCCCCC(=O)C(C)C(=O)N1CCCC1CO. The number of unbranched alkanes of at least 4 members (excludes halogenated alkanes) is 2.